The smallest absolute Gasteiger partial charge is 0.129 e. The van der Waals surface area contributed by atoms with Gasteiger partial charge < -0.3 is 13.9 Å². The molecule has 5 nitrogen and oxygen atoms in total. The molecule has 0 saturated heterocycles. The van der Waals surface area contributed by atoms with Gasteiger partial charge in [0.15, 0.2) is 0 Å². The van der Waals surface area contributed by atoms with Gasteiger partial charge in [-0.1, -0.05) is 91.1 Å². The minimum absolute atomic E-state index is 0.0590. The standard InChI is InChI=1S/C44H32N4O/c45-26-10-9-11-31(47-38-16-5-1-12-33(38)34-13-2-6-17-39(34)47)22-20-29-27-32(23-21-30(29)28-46)48-40-18-7-3-15-37(40)43-41(48)25-24-36-35-14-4-8-19-42(35)49-44(36)43/h1-5,7-10,12-16,18-23,27,29-31,35,42H,11,24-25H2/b10-9+,22-20+. The summed E-state index contributed by atoms with van der Waals surface area (Å²) < 4.78 is 11.3. The van der Waals surface area contributed by atoms with Gasteiger partial charge in [-0.05, 0) is 67.3 Å². The van der Waals surface area contributed by atoms with Crippen LogP contribution in [0.25, 0.3) is 44.2 Å². The number of rotatable bonds is 6. The van der Waals surface area contributed by atoms with Crippen molar-refractivity contribution in [2.24, 2.45) is 17.8 Å². The van der Waals surface area contributed by atoms with Gasteiger partial charge in [0.05, 0.1) is 35.1 Å². The molecule has 5 atom stereocenters. The summed E-state index contributed by atoms with van der Waals surface area (Å²) in [4.78, 5) is 0. The Morgan fingerprint density at radius 3 is 2.65 bits per heavy atom. The van der Waals surface area contributed by atoms with Gasteiger partial charge in [0, 0.05) is 51.0 Å². The van der Waals surface area contributed by atoms with Crippen molar-refractivity contribution in [1.82, 2.24) is 9.13 Å². The van der Waals surface area contributed by atoms with E-state index in [0.717, 1.165) is 51.6 Å². The highest BCUT2D eigenvalue weighted by Gasteiger charge is 2.40. The fraction of sp³-hybridized carbons (Fsp3) is 0.182. The molecule has 49 heavy (non-hydrogen) atoms. The van der Waals surface area contributed by atoms with Crippen LogP contribution in [0.15, 0.2) is 133 Å². The number of allylic oxidation sites excluding steroid dienone is 10. The summed E-state index contributed by atoms with van der Waals surface area (Å²) in [6.45, 7) is 0. The monoisotopic (exact) mass is 632 g/mol. The lowest BCUT2D eigenvalue weighted by Crippen LogP contribution is -2.16. The summed E-state index contributed by atoms with van der Waals surface area (Å²) in [7, 11) is 0. The Labute approximate surface area is 285 Å². The fourth-order valence-corrected chi connectivity index (χ4v) is 8.30. The topological polar surface area (TPSA) is 66.7 Å². The highest BCUT2D eigenvalue weighted by molar-refractivity contribution is 6.07. The molecule has 0 radical (unpaired) electrons. The zero-order valence-electron chi connectivity index (χ0n) is 26.8. The van der Waals surface area contributed by atoms with Crippen LogP contribution in [0.5, 0.6) is 0 Å². The van der Waals surface area contributed by atoms with Crippen LogP contribution in [-0.2, 0) is 11.2 Å². The normalized spacial score (nSPS) is 22.9. The van der Waals surface area contributed by atoms with Crippen LogP contribution < -0.4 is 0 Å². The van der Waals surface area contributed by atoms with Crippen molar-refractivity contribution < 1.29 is 4.74 Å². The average Bonchev–Trinajstić information content (AvgIpc) is 3.81. The fourth-order valence-electron chi connectivity index (χ4n) is 8.30. The van der Waals surface area contributed by atoms with Gasteiger partial charge in [0.25, 0.3) is 0 Å². The van der Waals surface area contributed by atoms with Crippen LogP contribution in [-0.4, -0.2) is 15.2 Å². The molecule has 3 aliphatic carbocycles. The van der Waals surface area contributed by atoms with Crippen LogP contribution in [0.1, 0.15) is 30.1 Å². The molecule has 5 aromatic rings. The SMILES string of the molecule is N#C/C=C/CC(/C=C/C1C=C(n2c3c(c4ccccc42)C2=C(CC3)C3C=CC=CC3O2)C=CC1C#N)n1c2c#cccc2c2ccccc21. The first kappa shape index (κ1) is 29.0. The lowest BCUT2D eigenvalue weighted by molar-refractivity contribution is 0.212. The van der Waals surface area contributed by atoms with Crippen LogP contribution in [0.3, 0.4) is 0 Å². The zero-order chi connectivity index (χ0) is 32.9. The van der Waals surface area contributed by atoms with Crippen molar-refractivity contribution in [2.45, 2.75) is 31.4 Å². The first-order chi connectivity index (χ1) is 24.2. The third-order valence-corrected chi connectivity index (χ3v) is 10.5. The molecule has 5 heteroatoms. The number of aromatic nitrogens is 2. The van der Waals surface area contributed by atoms with E-state index in [-0.39, 0.29) is 24.0 Å². The number of ether oxygens (including phenoxy) is 1. The van der Waals surface area contributed by atoms with Gasteiger partial charge in [-0.25, -0.2) is 0 Å². The van der Waals surface area contributed by atoms with Crippen molar-refractivity contribution in [2.75, 3.05) is 0 Å². The predicted molar refractivity (Wildman–Crippen MR) is 194 cm³/mol. The Kier molecular flexibility index (Phi) is 6.97. The van der Waals surface area contributed by atoms with Gasteiger partial charge in [0.1, 0.15) is 17.4 Å². The first-order valence-corrected chi connectivity index (χ1v) is 17.0. The van der Waals surface area contributed by atoms with Gasteiger partial charge >= 0.3 is 0 Å². The Hall–Kier alpha value is -6.22. The average molecular weight is 633 g/mol. The molecule has 0 N–H and O–H groups in total. The Balaban J connectivity index is 1.14. The van der Waals surface area contributed by atoms with E-state index in [1.165, 1.54) is 22.2 Å². The molecule has 3 aromatic carbocycles. The van der Waals surface area contributed by atoms with Crippen LogP contribution >= 0.6 is 0 Å². The second-order valence-electron chi connectivity index (χ2n) is 13.1. The number of fused-ring (bicyclic) bond motifs is 9. The second-order valence-corrected chi connectivity index (χ2v) is 13.1. The summed E-state index contributed by atoms with van der Waals surface area (Å²) in [5.74, 6) is 0.894. The molecule has 234 valence electrons. The molecule has 0 bridgehead atoms. The minimum Gasteiger partial charge on any atom is -0.485 e. The van der Waals surface area contributed by atoms with E-state index < -0.39 is 0 Å². The lowest BCUT2D eigenvalue weighted by Gasteiger charge is -2.24. The molecule has 0 spiro atoms. The van der Waals surface area contributed by atoms with Crippen LogP contribution in [0.2, 0.25) is 0 Å². The summed E-state index contributed by atoms with van der Waals surface area (Å²) in [5, 5.41) is 23.1. The van der Waals surface area contributed by atoms with Crippen molar-refractivity contribution >= 4 is 44.2 Å². The van der Waals surface area contributed by atoms with Gasteiger partial charge in [0.2, 0.25) is 0 Å². The Bertz CT molecular complexity index is 2410. The van der Waals surface area contributed by atoms with Crippen molar-refractivity contribution in [1.29, 1.82) is 10.5 Å². The van der Waals surface area contributed by atoms with Crippen LogP contribution in [0.4, 0.5) is 0 Å². The summed E-state index contributed by atoms with van der Waals surface area (Å²) >= 11 is 0. The molecule has 0 amide bonds. The van der Waals surface area contributed by atoms with Crippen molar-refractivity contribution in [3.05, 3.63) is 156 Å². The maximum absolute atomic E-state index is 10.3. The second kappa shape index (κ2) is 11.8. The molecule has 4 aliphatic rings. The predicted octanol–water partition coefficient (Wildman–Crippen LogP) is 9.58. The van der Waals surface area contributed by atoms with E-state index in [0.29, 0.717) is 12.3 Å². The quantitative estimate of drug-likeness (QED) is 0.138. The molecule has 5 unspecified atom stereocenters. The molecular weight excluding hydrogens is 601 g/mol. The third kappa shape index (κ3) is 4.61. The molecule has 9 rings (SSSR count). The number of hydrogen-bond acceptors (Lipinski definition) is 3. The third-order valence-electron chi connectivity index (χ3n) is 10.5. The van der Waals surface area contributed by atoms with Gasteiger partial charge in [-0.15, -0.1) is 0 Å². The van der Waals surface area contributed by atoms with E-state index >= 15 is 0 Å². The summed E-state index contributed by atoms with van der Waals surface area (Å²) in [6.07, 6.45) is 25.5. The molecule has 3 heterocycles. The van der Waals surface area contributed by atoms with E-state index in [9.17, 15) is 10.5 Å². The lowest BCUT2D eigenvalue weighted by atomic mass is 9.84. The number of benzene rings is 2. The largest absolute Gasteiger partial charge is 0.485 e. The first-order valence-electron chi connectivity index (χ1n) is 17.0. The number of para-hydroxylation sites is 2. The molecule has 2 aromatic heterocycles. The van der Waals surface area contributed by atoms with Gasteiger partial charge in [-0.3, -0.25) is 0 Å². The van der Waals surface area contributed by atoms with E-state index in [2.05, 4.69) is 137 Å². The summed E-state index contributed by atoms with van der Waals surface area (Å²) in [5.41, 5.74) is 8.16. The summed E-state index contributed by atoms with van der Waals surface area (Å²) in [6, 6.07) is 32.1. The van der Waals surface area contributed by atoms with Crippen LogP contribution in [0, 0.1) is 52.5 Å². The maximum Gasteiger partial charge on any atom is 0.129 e. The molecule has 1 aliphatic heterocycles. The van der Waals surface area contributed by atoms with Crippen molar-refractivity contribution in [3.8, 4) is 12.1 Å². The number of hydrogen-bond donors (Lipinski definition) is 0. The minimum atomic E-state index is -0.305. The Morgan fingerprint density at radius 2 is 1.78 bits per heavy atom. The highest BCUT2D eigenvalue weighted by Crippen LogP contribution is 2.49. The zero-order valence-corrected chi connectivity index (χ0v) is 26.8. The maximum atomic E-state index is 10.3. The Morgan fingerprint density at radius 1 is 0.939 bits per heavy atom. The van der Waals surface area contributed by atoms with E-state index in [1.807, 2.05) is 18.2 Å². The van der Waals surface area contributed by atoms with E-state index in [4.69, 9.17) is 4.74 Å². The molecule has 0 fully saturated rings. The van der Waals surface area contributed by atoms with E-state index in [1.54, 1.807) is 6.08 Å². The van der Waals surface area contributed by atoms with Gasteiger partial charge in [-0.2, -0.15) is 10.5 Å². The molecule has 0 saturated carbocycles. The number of nitrogens with zero attached hydrogens (tertiary/aromatic N) is 4. The molecular formula is C44H32N4O. The number of nitriles is 2. The van der Waals surface area contributed by atoms with Crippen molar-refractivity contribution in [3.63, 3.8) is 0 Å². The highest BCUT2D eigenvalue weighted by atomic mass is 16.5.